The Labute approximate surface area is 119 Å². The quantitative estimate of drug-likeness (QED) is 0.799. The number of carboxylic acids is 1. The second kappa shape index (κ2) is 6.06. The summed E-state index contributed by atoms with van der Waals surface area (Å²) >= 11 is 3.33. The van der Waals surface area contributed by atoms with Crippen LogP contribution in [-0.2, 0) is 4.79 Å². The maximum atomic E-state index is 11.8. The van der Waals surface area contributed by atoms with Crippen molar-refractivity contribution < 1.29 is 14.7 Å². The van der Waals surface area contributed by atoms with Crippen LogP contribution in [0.25, 0.3) is 0 Å². The Hall–Kier alpha value is -1.56. The van der Waals surface area contributed by atoms with Crippen LogP contribution in [0.15, 0.2) is 28.7 Å². The number of aliphatic carboxylic acids is 1. The van der Waals surface area contributed by atoms with Crippen molar-refractivity contribution in [1.82, 2.24) is 5.32 Å². The fourth-order valence-corrected chi connectivity index (χ4v) is 2.65. The summed E-state index contributed by atoms with van der Waals surface area (Å²) in [5, 5.41) is 14.4. The van der Waals surface area contributed by atoms with E-state index in [0.717, 1.165) is 4.47 Å². The van der Waals surface area contributed by atoms with Crippen LogP contribution in [0.5, 0.6) is 0 Å². The smallest absolute Gasteiger partial charge is 0.319 e. The molecule has 2 rings (SSSR count). The molecule has 1 aromatic rings. The third-order valence-electron chi connectivity index (χ3n) is 3.20. The predicted octanol–water partition coefficient (Wildman–Crippen LogP) is 2.82. The number of hydrogen-bond donors (Lipinski definition) is 3. The Morgan fingerprint density at radius 3 is 2.74 bits per heavy atom. The number of urea groups is 1. The van der Waals surface area contributed by atoms with Gasteiger partial charge in [0.15, 0.2) is 0 Å². The SMILES string of the molecule is O=C(Nc1cccc(Br)c1)N[C@H]1CC[C@@H](C(=O)O)C1. The molecule has 0 saturated heterocycles. The molecule has 2 atom stereocenters. The van der Waals surface area contributed by atoms with E-state index in [9.17, 15) is 9.59 Å². The number of nitrogens with one attached hydrogen (secondary N) is 2. The van der Waals surface area contributed by atoms with Gasteiger partial charge in [-0.1, -0.05) is 22.0 Å². The minimum atomic E-state index is -0.781. The molecule has 6 heteroatoms. The molecular formula is C13H15BrN2O3. The molecule has 0 unspecified atom stereocenters. The zero-order chi connectivity index (χ0) is 13.8. The largest absolute Gasteiger partial charge is 0.481 e. The van der Waals surface area contributed by atoms with Crippen molar-refractivity contribution in [1.29, 1.82) is 0 Å². The van der Waals surface area contributed by atoms with Gasteiger partial charge in [0.2, 0.25) is 0 Å². The topological polar surface area (TPSA) is 78.4 Å². The van der Waals surface area contributed by atoms with Crippen molar-refractivity contribution in [2.75, 3.05) is 5.32 Å². The normalized spacial score (nSPS) is 21.9. The first-order chi connectivity index (χ1) is 9.04. The molecule has 1 aromatic carbocycles. The summed E-state index contributed by atoms with van der Waals surface area (Å²) in [6.07, 6.45) is 1.83. The van der Waals surface area contributed by atoms with E-state index in [1.54, 1.807) is 12.1 Å². The standard InChI is InChI=1S/C13H15BrN2O3/c14-9-2-1-3-10(7-9)15-13(19)16-11-5-4-8(6-11)12(17)18/h1-3,7-8,11H,4-6H2,(H,17,18)(H2,15,16,19)/t8-,11+/m1/s1. The molecule has 1 fully saturated rings. The minimum Gasteiger partial charge on any atom is -0.481 e. The maximum Gasteiger partial charge on any atom is 0.319 e. The van der Waals surface area contributed by atoms with Gasteiger partial charge in [0.1, 0.15) is 0 Å². The van der Waals surface area contributed by atoms with E-state index < -0.39 is 5.97 Å². The molecule has 0 bridgehead atoms. The number of anilines is 1. The van der Waals surface area contributed by atoms with Crippen molar-refractivity contribution in [3.05, 3.63) is 28.7 Å². The third-order valence-corrected chi connectivity index (χ3v) is 3.69. The van der Waals surface area contributed by atoms with Crippen LogP contribution < -0.4 is 10.6 Å². The molecule has 0 aliphatic heterocycles. The van der Waals surface area contributed by atoms with Crippen molar-refractivity contribution in [2.45, 2.75) is 25.3 Å². The summed E-state index contributed by atoms with van der Waals surface area (Å²) in [6, 6.07) is 6.93. The summed E-state index contributed by atoms with van der Waals surface area (Å²) in [5.74, 6) is -1.12. The Balaban J connectivity index is 1.84. The van der Waals surface area contributed by atoms with Gasteiger partial charge in [-0.2, -0.15) is 0 Å². The lowest BCUT2D eigenvalue weighted by atomic mass is 10.1. The number of hydrogen-bond acceptors (Lipinski definition) is 2. The van der Waals surface area contributed by atoms with Gasteiger partial charge >= 0.3 is 12.0 Å². The monoisotopic (exact) mass is 326 g/mol. The highest BCUT2D eigenvalue weighted by atomic mass is 79.9. The highest BCUT2D eigenvalue weighted by Gasteiger charge is 2.30. The van der Waals surface area contributed by atoms with Crippen LogP contribution in [-0.4, -0.2) is 23.1 Å². The first-order valence-corrected chi connectivity index (χ1v) is 6.90. The molecule has 0 aromatic heterocycles. The maximum absolute atomic E-state index is 11.8. The second-order valence-corrected chi connectivity index (χ2v) is 5.57. The summed E-state index contributed by atoms with van der Waals surface area (Å²) in [6.45, 7) is 0. The summed E-state index contributed by atoms with van der Waals surface area (Å²) < 4.78 is 0.886. The van der Waals surface area contributed by atoms with E-state index in [1.807, 2.05) is 12.1 Å². The van der Waals surface area contributed by atoms with Gasteiger partial charge in [0.05, 0.1) is 5.92 Å². The molecule has 0 radical (unpaired) electrons. The number of benzene rings is 1. The fraction of sp³-hybridized carbons (Fsp3) is 0.385. The van der Waals surface area contributed by atoms with E-state index in [-0.39, 0.29) is 18.0 Å². The lowest BCUT2D eigenvalue weighted by Gasteiger charge is -2.13. The summed E-state index contributed by atoms with van der Waals surface area (Å²) in [5.41, 5.74) is 0.694. The van der Waals surface area contributed by atoms with Crippen molar-refractivity contribution in [2.24, 2.45) is 5.92 Å². The lowest BCUT2D eigenvalue weighted by molar-refractivity contribution is -0.141. The molecule has 2 amide bonds. The van der Waals surface area contributed by atoms with Crippen LogP contribution in [0.1, 0.15) is 19.3 Å². The van der Waals surface area contributed by atoms with E-state index in [1.165, 1.54) is 0 Å². The molecule has 5 nitrogen and oxygen atoms in total. The lowest BCUT2D eigenvalue weighted by Crippen LogP contribution is -2.36. The molecule has 1 saturated carbocycles. The molecule has 0 spiro atoms. The van der Waals surface area contributed by atoms with Crippen LogP contribution in [0.3, 0.4) is 0 Å². The highest BCUT2D eigenvalue weighted by molar-refractivity contribution is 9.10. The average Bonchev–Trinajstić information content (AvgIpc) is 2.77. The van der Waals surface area contributed by atoms with Gasteiger partial charge in [0.25, 0.3) is 0 Å². The zero-order valence-electron chi connectivity index (χ0n) is 10.2. The highest BCUT2D eigenvalue weighted by Crippen LogP contribution is 2.25. The first kappa shape index (κ1) is 13.9. The first-order valence-electron chi connectivity index (χ1n) is 6.10. The summed E-state index contributed by atoms with van der Waals surface area (Å²) in [7, 11) is 0. The zero-order valence-corrected chi connectivity index (χ0v) is 11.8. The Bertz CT molecular complexity index is 493. The van der Waals surface area contributed by atoms with Gasteiger partial charge in [0, 0.05) is 16.2 Å². The van der Waals surface area contributed by atoms with Gasteiger partial charge in [-0.25, -0.2) is 4.79 Å². The van der Waals surface area contributed by atoms with E-state index in [0.29, 0.717) is 24.9 Å². The van der Waals surface area contributed by atoms with Crippen molar-refractivity contribution in [3.63, 3.8) is 0 Å². The Morgan fingerprint density at radius 1 is 1.32 bits per heavy atom. The minimum absolute atomic E-state index is 0.0618. The van der Waals surface area contributed by atoms with Gasteiger partial charge < -0.3 is 15.7 Å². The molecule has 102 valence electrons. The molecule has 3 N–H and O–H groups in total. The number of carbonyl (C=O) groups is 2. The summed E-state index contributed by atoms with van der Waals surface area (Å²) in [4.78, 5) is 22.6. The van der Waals surface area contributed by atoms with Crippen molar-refractivity contribution >= 4 is 33.6 Å². The third kappa shape index (κ3) is 3.96. The number of amides is 2. The van der Waals surface area contributed by atoms with Gasteiger partial charge in [-0.05, 0) is 37.5 Å². The average molecular weight is 327 g/mol. The van der Waals surface area contributed by atoms with Crippen LogP contribution in [0.2, 0.25) is 0 Å². The molecule has 19 heavy (non-hydrogen) atoms. The van der Waals surface area contributed by atoms with Crippen LogP contribution in [0.4, 0.5) is 10.5 Å². The number of carboxylic acid groups (broad SMARTS) is 1. The number of halogens is 1. The van der Waals surface area contributed by atoms with Gasteiger partial charge in [-0.3, -0.25) is 4.79 Å². The van der Waals surface area contributed by atoms with Crippen molar-refractivity contribution in [3.8, 4) is 0 Å². The van der Waals surface area contributed by atoms with Gasteiger partial charge in [-0.15, -0.1) is 0 Å². The van der Waals surface area contributed by atoms with Crippen LogP contribution >= 0.6 is 15.9 Å². The number of carbonyl (C=O) groups excluding carboxylic acids is 1. The fourth-order valence-electron chi connectivity index (χ4n) is 2.26. The Kier molecular flexibility index (Phi) is 4.42. The molecule has 1 aliphatic rings. The van der Waals surface area contributed by atoms with E-state index in [2.05, 4.69) is 26.6 Å². The molecular weight excluding hydrogens is 312 g/mol. The number of rotatable bonds is 3. The molecule has 1 aliphatic carbocycles. The van der Waals surface area contributed by atoms with Crippen LogP contribution in [0, 0.1) is 5.92 Å². The second-order valence-electron chi connectivity index (χ2n) is 4.65. The van der Waals surface area contributed by atoms with E-state index in [4.69, 9.17) is 5.11 Å². The molecule has 0 heterocycles. The Morgan fingerprint density at radius 2 is 2.11 bits per heavy atom. The van der Waals surface area contributed by atoms with E-state index >= 15 is 0 Å². The predicted molar refractivity (Wildman–Crippen MR) is 75.1 cm³/mol.